The molecular weight excluding hydrogens is 350 g/mol. The van der Waals surface area contributed by atoms with E-state index in [4.69, 9.17) is 9.26 Å². The predicted molar refractivity (Wildman–Crippen MR) is 108 cm³/mol. The van der Waals surface area contributed by atoms with Gasteiger partial charge in [0.25, 0.3) is 0 Å². The van der Waals surface area contributed by atoms with Crippen LogP contribution >= 0.6 is 0 Å². The number of aromatic nitrogens is 2. The van der Waals surface area contributed by atoms with E-state index in [9.17, 15) is 0 Å². The molecule has 3 heterocycles. The summed E-state index contributed by atoms with van der Waals surface area (Å²) in [5.41, 5.74) is 4.04. The zero-order valence-electron chi connectivity index (χ0n) is 15.5. The number of ether oxygens (including phenoxy) is 1. The van der Waals surface area contributed by atoms with Crippen LogP contribution in [0.3, 0.4) is 0 Å². The van der Waals surface area contributed by atoms with Crippen molar-refractivity contribution in [2.24, 2.45) is 0 Å². The van der Waals surface area contributed by atoms with Crippen LogP contribution in [0, 0.1) is 0 Å². The highest BCUT2D eigenvalue weighted by atomic mass is 16.5. The molecule has 0 spiro atoms. The average Bonchev–Trinajstić information content (AvgIpc) is 3.19. The fourth-order valence-electron chi connectivity index (χ4n) is 3.60. The van der Waals surface area contributed by atoms with Crippen molar-refractivity contribution >= 4 is 10.9 Å². The third-order valence-electron chi connectivity index (χ3n) is 5.21. The molecule has 140 valence electrons. The molecule has 0 radical (unpaired) electrons. The van der Waals surface area contributed by atoms with Gasteiger partial charge in [-0.2, -0.15) is 0 Å². The first-order chi connectivity index (χ1) is 13.8. The number of fused-ring (bicyclic) bond motifs is 1. The first-order valence-corrected chi connectivity index (χ1v) is 9.47. The highest BCUT2D eigenvalue weighted by Gasteiger charge is 2.39. The standard InChI is InChI=1S/C23H21N3O2/c1-2-6-18(7-3-1)22-11-20(26-28-22)12-23(15-27-16-23)25-14-17-10-19-8-4-5-9-21(19)24-13-17/h1-11,13,25H,12,14-16H2. The molecule has 0 unspecified atom stereocenters. The minimum absolute atomic E-state index is 0.115. The number of nitrogens with one attached hydrogen (secondary N) is 1. The number of hydrogen-bond donors (Lipinski definition) is 1. The molecule has 1 saturated heterocycles. The maximum atomic E-state index is 5.55. The topological polar surface area (TPSA) is 60.2 Å². The molecule has 5 nitrogen and oxygen atoms in total. The lowest BCUT2D eigenvalue weighted by atomic mass is 9.90. The normalized spacial score (nSPS) is 15.4. The Morgan fingerprint density at radius 2 is 1.79 bits per heavy atom. The predicted octanol–water partition coefficient (Wildman–Crippen LogP) is 3.99. The molecule has 0 aliphatic carbocycles. The van der Waals surface area contributed by atoms with Gasteiger partial charge in [0.15, 0.2) is 5.76 Å². The smallest absolute Gasteiger partial charge is 0.167 e. The van der Waals surface area contributed by atoms with E-state index < -0.39 is 0 Å². The minimum Gasteiger partial charge on any atom is -0.377 e. The van der Waals surface area contributed by atoms with Crippen LogP contribution in [0.1, 0.15) is 11.3 Å². The molecule has 4 aromatic rings. The zero-order chi connectivity index (χ0) is 18.8. The van der Waals surface area contributed by atoms with E-state index in [1.54, 1.807) is 0 Å². The molecule has 0 bridgehead atoms. The number of benzene rings is 2. The van der Waals surface area contributed by atoms with Crippen LogP contribution in [0.5, 0.6) is 0 Å². The van der Waals surface area contributed by atoms with Crippen LogP contribution in [0.15, 0.2) is 77.4 Å². The lowest BCUT2D eigenvalue weighted by molar-refractivity contribution is -0.0755. The monoisotopic (exact) mass is 371 g/mol. The van der Waals surface area contributed by atoms with Crippen molar-refractivity contribution in [3.63, 3.8) is 0 Å². The van der Waals surface area contributed by atoms with Crippen molar-refractivity contribution in [3.05, 3.63) is 84.2 Å². The van der Waals surface area contributed by atoms with Crippen molar-refractivity contribution in [2.75, 3.05) is 13.2 Å². The van der Waals surface area contributed by atoms with E-state index in [-0.39, 0.29) is 5.54 Å². The highest BCUT2D eigenvalue weighted by Crippen LogP contribution is 2.26. The molecule has 2 aromatic carbocycles. The first kappa shape index (κ1) is 17.1. The van der Waals surface area contributed by atoms with Gasteiger partial charge in [0.1, 0.15) is 0 Å². The van der Waals surface area contributed by atoms with Crippen LogP contribution < -0.4 is 5.32 Å². The Kier molecular flexibility index (Phi) is 4.39. The van der Waals surface area contributed by atoms with Gasteiger partial charge in [0.05, 0.1) is 30.0 Å². The Morgan fingerprint density at radius 3 is 2.61 bits per heavy atom. The SMILES string of the molecule is c1ccc(-c2cc(CC3(NCc4cnc5ccccc5c4)COC3)no2)cc1. The van der Waals surface area contributed by atoms with E-state index in [0.717, 1.165) is 46.4 Å². The van der Waals surface area contributed by atoms with E-state index in [2.05, 4.69) is 27.6 Å². The third-order valence-corrected chi connectivity index (χ3v) is 5.21. The molecule has 2 aromatic heterocycles. The fraction of sp³-hybridized carbons (Fsp3) is 0.217. The molecule has 1 aliphatic heterocycles. The van der Waals surface area contributed by atoms with E-state index in [1.807, 2.05) is 60.8 Å². The Balaban J connectivity index is 1.29. The second kappa shape index (κ2) is 7.19. The summed E-state index contributed by atoms with van der Waals surface area (Å²) in [5.74, 6) is 0.796. The van der Waals surface area contributed by atoms with Gasteiger partial charge in [-0.1, -0.05) is 53.7 Å². The van der Waals surface area contributed by atoms with Gasteiger partial charge in [-0.25, -0.2) is 0 Å². The average molecular weight is 371 g/mol. The van der Waals surface area contributed by atoms with Gasteiger partial charge >= 0.3 is 0 Å². The summed E-state index contributed by atoms with van der Waals surface area (Å²) in [5, 5.41) is 9.09. The second-order valence-corrected chi connectivity index (χ2v) is 7.39. The minimum atomic E-state index is -0.115. The van der Waals surface area contributed by atoms with E-state index in [0.29, 0.717) is 13.2 Å². The lowest BCUT2D eigenvalue weighted by Gasteiger charge is -2.42. The fourth-order valence-corrected chi connectivity index (χ4v) is 3.60. The summed E-state index contributed by atoms with van der Waals surface area (Å²) in [4.78, 5) is 4.55. The summed E-state index contributed by atoms with van der Waals surface area (Å²) in [6.07, 6.45) is 2.70. The largest absolute Gasteiger partial charge is 0.377 e. The molecule has 28 heavy (non-hydrogen) atoms. The summed E-state index contributed by atoms with van der Waals surface area (Å²) < 4.78 is 11.1. The van der Waals surface area contributed by atoms with Gasteiger partial charge in [0, 0.05) is 36.2 Å². The van der Waals surface area contributed by atoms with Gasteiger partial charge in [-0.05, 0) is 17.7 Å². The Bertz CT molecular complexity index is 1090. The third kappa shape index (κ3) is 3.42. The summed E-state index contributed by atoms with van der Waals surface area (Å²) >= 11 is 0. The van der Waals surface area contributed by atoms with Crippen molar-refractivity contribution in [3.8, 4) is 11.3 Å². The highest BCUT2D eigenvalue weighted by molar-refractivity contribution is 5.78. The van der Waals surface area contributed by atoms with Crippen LogP contribution in [-0.2, 0) is 17.7 Å². The van der Waals surface area contributed by atoms with E-state index >= 15 is 0 Å². The van der Waals surface area contributed by atoms with Crippen LogP contribution in [0.4, 0.5) is 0 Å². The molecule has 1 fully saturated rings. The van der Waals surface area contributed by atoms with Crippen molar-refractivity contribution in [1.29, 1.82) is 0 Å². The lowest BCUT2D eigenvalue weighted by Crippen LogP contribution is -2.61. The zero-order valence-corrected chi connectivity index (χ0v) is 15.5. The number of pyridine rings is 1. The van der Waals surface area contributed by atoms with Crippen LogP contribution in [-0.4, -0.2) is 28.9 Å². The molecule has 0 amide bonds. The Morgan fingerprint density at radius 1 is 0.964 bits per heavy atom. The maximum absolute atomic E-state index is 5.55. The van der Waals surface area contributed by atoms with Crippen molar-refractivity contribution < 1.29 is 9.26 Å². The summed E-state index contributed by atoms with van der Waals surface area (Å²) in [6, 6.07) is 22.4. The first-order valence-electron chi connectivity index (χ1n) is 9.47. The van der Waals surface area contributed by atoms with Crippen LogP contribution in [0.25, 0.3) is 22.2 Å². The van der Waals surface area contributed by atoms with Gasteiger partial charge in [0.2, 0.25) is 0 Å². The van der Waals surface area contributed by atoms with Gasteiger partial charge < -0.3 is 14.6 Å². The van der Waals surface area contributed by atoms with E-state index in [1.165, 1.54) is 0 Å². The molecule has 5 rings (SSSR count). The number of hydrogen-bond acceptors (Lipinski definition) is 5. The van der Waals surface area contributed by atoms with Gasteiger partial charge in [-0.15, -0.1) is 0 Å². The van der Waals surface area contributed by atoms with Gasteiger partial charge in [-0.3, -0.25) is 4.98 Å². The molecule has 0 atom stereocenters. The molecule has 0 saturated carbocycles. The second-order valence-electron chi connectivity index (χ2n) is 7.39. The van der Waals surface area contributed by atoms with Crippen molar-refractivity contribution in [1.82, 2.24) is 15.5 Å². The Hall–Kier alpha value is -3.02. The Labute approximate surface area is 163 Å². The molecular formula is C23H21N3O2. The quantitative estimate of drug-likeness (QED) is 0.555. The number of rotatable bonds is 6. The molecule has 5 heteroatoms. The molecule has 1 aliphatic rings. The number of nitrogens with zero attached hydrogens (tertiary/aromatic N) is 2. The van der Waals surface area contributed by atoms with Crippen molar-refractivity contribution in [2.45, 2.75) is 18.5 Å². The van der Waals surface area contributed by atoms with Crippen LogP contribution in [0.2, 0.25) is 0 Å². The number of para-hydroxylation sites is 1. The maximum Gasteiger partial charge on any atom is 0.167 e. The molecule has 1 N–H and O–H groups in total. The summed E-state index contributed by atoms with van der Waals surface area (Å²) in [6.45, 7) is 2.08. The summed E-state index contributed by atoms with van der Waals surface area (Å²) in [7, 11) is 0.